The van der Waals surface area contributed by atoms with E-state index in [0.717, 1.165) is 5.56 Å². The summed E-state index contributed by atoms with van der Waals surface area (Å²) in [6.45, 7) is 1.89. The first-order valence-corrected chi connectivity index (χ1v) is 9.87. The topological polar surface area (TPSA) is 43.4 Å². The van der Waals surface area contributed by atoms with Crippen molar-refractivity contribution in [2.75, 3.05) is 0 Å². The van der Waals surface area contributed by atoms with Crippen molar-refractivity contribution in [1.29, 1.82) is 0 Å². The fraction of sp³-hybridized carbons (Fsp3) is 0.0909. The average Bonchev–Trinajstić information content (AvgIpc) is 2.67. The Labute approximate surface area is 174 Å². The van der Waals surface area contributed by atoms with Crippen molar-refractivity contribution in [2.45, 2.75) is 13.0 Å². The summed E-state index contributed by atoms with van der Waals surface area (Å²) in [4.78, 5) is 26.0. The molecule has 0 aliphatic rings. The lowest BCUT2D eigenvalue weighted by Gasteiger charge is -2.20. The van der Waals surface area contributed by atoms with Gasteiger partial charge in [0.25, 0.3) is 0 Å². The van der Waals surface area contributed by atoms with Gasteiger partial charge in [-0.25, -0.2) is 4.79 Å². The molecule has 5 heteroatoms. The van der Waals surface area contributed by atoms with Gasteiger partial charge < -0.3 is 4.74 Å². The molecule has 0 amide bonds. The summed E-state index contributed by atoms with van der Waals surface area (Å²) in [5.74, 6) is -0.840. The molecule has 0 fully saturated rings. The zero-order chi connectivity index (χ0) is 19.4. The van der Waals surface area contributed by atoms with Crippen molar-refractivity contribution < 1.29 is 14.3 Å². The third-order valence-electron chi connectivity index (χ3n) is 4.17. The number of hydrogen-bond donors (Lipinski definition) is 0. The quantitative estimate of drug-likeness (QED) is 0.313. The van der Waals surface area contributed by atoms with E-state index >= 15 is 0 Å². The molecule has 0 N–H and O–H groups in total. The standard InChI is InChI=1S/C22H16Br2O3/c1-14-8-2-3-9-15(14)21(20(25)16-10-4-6-12-18(16)23)27-22(26)17-11-5-7-13-19(17)24/h2-13,21H,1H3. The van der Waals surface area contributed by atoms with Crippen LogP contribution in [0.4, 0.5) is 0 Å². The number of benzene rings is 3. The van der Waals surface area contributed by atoms with Crippen LogP contribution in [-0.4, -0.2) is 11.8 Å². The molecule has 0 spiro atoms. The van der Waals surface area contributed by atoms with Crippen LogP contribution in [0.15, 0.2) is 81.7 Å². The molecule has 1 unspecified atom stereocenters. The van der Waals surface area contributed by atoms with E-state index in [4.69, 9.17) is 4.74 Å². The third-order valence-corrected chi connectivity index (χ3v) is 5.55. The minimum absolute atomic E-state index is 0.280. The number of esters is 1. The molecule has 0 aromatic heterocycles. The fourth-order valence-corrected chi connectivity index (χ4v) is 3.67. The number of halogens is 2. The van der Waals surface area contributed by atoms with Crippen LogP contribution in [0.25, 0.3) is 0 Å². The van der Waals surface area contributed by atoms with Crippen LogP contribution in [-0.2, 0) is 4.74 Å². The first kappa shape index (κ1) is 19.5. The SMILES string of the molecule is Cc1ccccc1C(OC(=O)c1ccccc1Br)C(=O)c1ccccc1Br. The number of ether oxygens (including phenoxy) is 1. The van der Waals surface area contributed by atoms with E-state index in [2.05, 4.69) is 31.9 Å². The lowest BCUT2D eigenvalue weighted by Crippen LogP contribution is -2.21. The molecule has 0 aliphatic heterocycles. The van der Waals surface area contributed by atoms with E-state index in [1.165, 1.54) is 0 Å². The zero-order valence-corrected chi connectivity index (χ0v) is 17.7. The van der Waals surface area contributed by atoms with Crippen LogP contribution in [0.1, 0.15) is 37.9 Å². The molecule has 0 bridgehead atoms. The normalized spacial score (nSPS) is 11.7. The second-order valence-electron chi connectivity index (χ2n) is 5.97. The van der Waals surface area contributed by atoms with Crippen LogP contribution in [0, 0.1) is 6.92 Å². The average molecular weight is 488 g/mol. The number of hydrogen-bond acceptors (Lipinski definition) is 3. The molecule has 3 aromatic carbocycles. The lowest BCUT2D eigenvalue weighted by atomic mass is 9.96. The molecule has 3 nitrogen and oxygen atoms in total. The maximum Gasteiger partial charge on any atom is 0.340 e. The summed E-state index contributed by atoms with van der Waals surface area (Å²) in [7, 11) is 0. The molecule has 0 saturated carbocycles. The Hall–Kier alpha value is -2.24. The van der Waals surface area contributed by atoms with Crippen LogP contribution < -0.4 is 0 Å². The Balaban J connectivity index is 2.02. The first-order valence-electron chi connectivity index (χ1n) is 8.29. The van der Waals surface area contributed by atoms with Gasteiger partial charge >= 0.3 is 5.97 Å². The molecule has 136 valence electrons. The summed E-state index contributed by atoms with van der Waals surface area (Å²) >= 11 is 6.77. The fourth-order valence-electron chi connectivity index (χ4n) is 2.74. The second kappa shape index (κ2) is 8.63. The number of ketones is 1. The Morgan fingerprint density at radius 1 is 0.778 bits per heavy atom. The molecule has 1 atom stereocenters. The van der Waals surface area contributed by atoms with Crippen LogP contribution >= 0.6 is 31.9 Å². The summed E-state index contributed by atoms with van der Waals surface area (Å²) in [5, 5.41) is 0. The predicted octanol–water partition coefficient (Wildman–Crippen LogP) is 6.30. The zero-order valence-electron chi connectivity index (χ0n) is 14.5. The smallest absolute Gasteiger partial charge is 0.340 e. The predicted molar refractivity (Wildman–Crippen MR) is 112 cm³/mol. The number of Topliss-reactive ketones (excluding diaryl/α,β-unsaturated/α-hetero) is 1. The van der Waals surface area contributed by atoms with Crippen molar-refractivity contribution >= 4 is 43.6 Å². The van der Waals surface area contributed by atoms with E-state index in [9.17, 15) is 9.59 Å². The van der Waals surface area contributed by atoms with Crippen molar-refractivity contribution in [3.05, 3.63) is 104 Å². The van der Waals surface area contributed by atoms with E-state index in [0.29, 0.717) is 25.6 Å². The first-order chi connectivity index (χ1) is 13.0. The highest BCUT2D eigenvalue weighted by molar-refractivity contribution is 9.10. The van der Waals surface area contributed by atoms with E-state index < -0.39 is 12.1 Å². The summed E-state index contributed by atoms with van der Waals surface area (Å²) in [5.41, 5.74) is 2.38. The lowest BCUT2D eigenvalue weighted by molar-refractivity contribution is 0.0277. The molecular formula is C22H16Br2O3. The van der Waals surface area contributed by atoms with E-state index in [-0.39, 0.29) is 5.78 Å². The van der Waals surface area contributed by atoms with E-state index in [1.807, 2.05) is 43.3 Å². The van der Waals surface area contributed by atoms with Gasteiger partial charge in [0.15, 0.2) is 6.10 Å². The van der Waals surface area contributed by atoms with Crippen LogP contribution in [0.5, 0.6) is 0 Å². The van der Waals surface area contributed by atoms with Crippen molar-refractivity contribution in [2.24, 2.45) is 0 Å². The molecule has 27 heavy (non-hydrogen) atoms. The monoisotopic (exact) mass is 486 g/mol. The van der Waals surface area contributed by atoms with Gasteiger partial charge in [-0.15, -0.1) is 0 Å². The number of aryl methyl sites for hydroxylation is 1. The van der Waals surface area contributed by atoms with E-state index in [1.54, 1.807) is 36.4 Å². The number of rotatable bonds is 5. The minimum atomic E-state index is -1.04. The Kier molecular flexibility index (Phi) is 6.24. The highest BCUT2D eigenvalue weighted by Crippen LogP contribution is 2.30. The maximum absolute atomic E-state index is 13.3. The minimum Gasteiger partial charge on any atom is -0.445 e. The summed E-state index contributed by atoms with van der Waals surface area (Å²) in [6.07, 6.45) is -1.04. The van der Waals surface area contributed by atoms with Gasteiger partial charge in [0.05, 0.1) is 5.56 Å². The molecule has 3 rings (SSSR count). The third kappa shape index (κ3) is 4.37. The van der Waals surface area contributed by atoms with Gasteiger partial charge in [0, 0.05) is 20.1 Å². The molecular weight excluding hydrogens is 472 g/mol. The molecule has 0 radical (unpaired) electrons. The van der Waals surface area contributed by atoms with Gasteiger partial charge in [0.2, 0.25) is 5.78 Å². The van der Waals surface area contributed by atoms with Crippen molar-refractivity contribution in [1.82, 2.24) is 0 Å². The Morgan fingerprint density at radius 3 is 1.89 bits per heavy atom. The van der Waals surface area contributed by atoms with Crippen LogP contribution in [0.2, 0.25) is 0 Å². The van der Waals surface area contributed by atoms with Crippen LogP contribution in [0.3, 0.4) is 0 Å². The molecule has 0 heterocycles. The van der Waals surface area contributed by atoms with Gasteiger partial charge in [-0.05, 0) is 46.6 Å². The second-order valence-corrected chi connectivity index (χ2v) is 7.67. The largest absolute Gasteiger partial charge is 0.445 e. The maximum atomic E-state index is 13.3. The van der Waals surface area contributed by atoms with Gasteiger partial charge in [-0.1, -0.05) is 70.5 Å². The summed E-state index contributed by atoms with van der Waals surface area (Å²) in [6, 6.07) is 21.5. The molecule has 0 saturated heterocycles. The van der Waals surface area contributed by atoms with Crippen molar-refractivity contribution in [3.8, 4) is 0 Å². The molecule has 0 aliphatic carbocycles. The van der Waals surface area contributed by atoms with Gasteiger partial charge in [-0.2, -0.15) is 0 Å². The summed E-state index contributed by atoms with van der Waals surface area (Å²) < 4.78 is 6.99. The van der Waals surface area contributed by atoms with Gasteiger partial charge in [0.1, 0.15) is 0 Å². The van der Waals surface area contributed by atoms with Crippen molar-refractivity contribution in [3.63, 3.8) is 0 Å². The Bertz CT molecular complexity index is 998. The highest BCUT2D eigenvalue weighted by Gasteiger charge is 2.29. The number of carbonyl (C=O) groups excluding carboxylic acids is 2. The number of carbonyl (C=O) groups is 2. The van der Waals surface area contributed by atoms with Gasteiger partial charge in [-0.3, -0.25) is 4.79 Å². The highest BCUT2D eigenvalue weighted by atomic mass is 79.9. The molecule has 3 aromatic rings. The Morgan fingerprint density at radius 2 is 1.30 bits per heavy atom.